The molecule has 2 saturated carbocycles. The summed E-state index contributed by atoms with van der Waals surface area (Å²) in [6, 6.07) is 2.41. The Kier molecular flexibility index (Phi) is 8.66. The zero-order valence-corrected chi connectivity index (χ0v) is 22.1. The van der Waals surface area contributed by atoms with Crippen molar-refractivity contribution in [1.82, 2.24) is 20.2 Å². The molecular weight excluding hydrogens is 442 g/mol. The molecule has 3 fully saturated rings. The number of aromatic nitrogens is 2. The lowest BCUT2D eigenvalue weighted by Crippen LogP contribution is -2.47. The van der Waals surface area contributed by atoms with Crippen LogP contribution in [0.1, 0.15) is 77.2 Å². The monoisotopic (exact) mass is 487 g/mol. The zero-order valence-electron chi connectivity index (χ0n) is 22.1. The third kappa shape index (κ3) is 7.14. The van der Waals surface area contributed by atoms with E-state index < -0.39 is 0 Å². The van der Waals surface area contributed by atoms with Crippen molar-refractivity contribution in [2.75, 3.05) is 44.7 Å². The molecule has 4 rings (SSSR count). The Morgan fingerprint density at radius 3 is 2.40 bits per heavy atom. The van der Waals surface area contributed by atoms with Crippen molar-refractivity contribution in [3.63, 3.8) is 0 Å². The summed E-state index contributed by atoms with van der Waals surface area (Å²) in [7, 11) is 1.71. The highest BCUT2D eigenvalue weighted by Gasteiger charge is 2.34. The summed E-state index contributed by atoms with van der Waals surface area (Å²) in [5.41, 5.74) is 0.851. The topological polar surface area (TPSA) is 90.8 Å². The Morgan fingerprint density at radius 1 is 1.11 bits per heavy atom. The molecule has 196 valence electrons. The minimum absolute atomic E-state index is 0.0374. The lowest BCUT2D eigenvalue weighted by Gasteiger charge is -2.37. The van der Waals surface area contributed by atoms with E-state index in [2.05, 4.69) is 42.0 Å². The van der Waals surface area contributed by atoms with Gasteiger partial charge >= 0.3 is 0 Å². The highest BCUT2D eigenvalue weighted by atomic mass is 16.5. The zero-order chi connectivity index (χ0) is 25.0. The molecule has 35 heavy (non-hydrogen) atoms. The number of aliphatic hydroxyl groups excluding tert-OH is 1. The molecule has 1 aliphatic heterocycles. The number of carbonyl (C=O) groups is 1. The van der Waals surface area contributed by atoms with Crippen molar-refractivity contribution < 1.29 is 14.6 Å². The van der Waals surface area contributed by atoms with Crippen LogP contribution in [0, 0.1) is 11.8 Å². The summed E-state index contributed by atoms with van der Waals surface area (Å²) in [5.74, 6) is 2.86. The number of aliphatic hydroxyl groups is 1. The molecule has 0 spiro atoms. The maximum Gasteiger partial charge on any atom is 0.223 e. The lowest BCUT2D eigenvalue weighted by atomic mass is 9.80. The fraction of sp³-hybridized carbons (Fsp3) is 0.815. The number of methoxy groups -OCH3 is 1. The predicted molar refractivity (Wildman–Crippen MR) is 137 cm³/mol. The van der Waals surface area contributed by atoms with Gasteiger partial charge in [-0.05, 0) is 57.4 Å². The van der Waals surface area contributed by atoms with E-state index in [1.54, 1.807) is 7.11 Å². The number of amides is 1. The summed E-state index contributed by atoms with van der Waals surface area (Å²) in [4.78, 5) is 26.9. The first kappa shape index (κ1) is 26.3. The van der Waals surface area contributed by atoms with Crippen LogP contribution < -0.4 is 10.2 Å². The van der Waals surface area contributed by atoms with Gasteiger partial charge in [-0.25, -0.2) is 9.97 Å². The standard InChI is InChI=1S/C27H45N5O3/c1-27(2,3)26-29-22(18-35-4)17-24(30-26)32-13-11-31(12-14-32)10-9-19-5-7-21(8-6-19)28-25(34)20-15-23(33)16-20/h17,19-21,23,33H,5-16,18H2,1-4H3,(H,28,34). The highest BCUT2D eigenvalue weighted by molar-refractivity contribution is 5.79. The van der Waals surface area contributed by atoms with Crippen molar-refractivity contribution in [3.8, 4) is 0 Å². The molecule has 3 aliphatic rings. The number of hydrogen-bond donors (Lipinski definition) is 2. The average Bonchev–Trinajstić information content (AvgIpc) is 2.81. The molecule has 0 aromatic carbocycles. The maximum absolute atomic E-state index is 12.3. The maximum atomic E-state index is 12.3. The summed E-state index contributed by atoms with van der Waals surface area (Å²) in [5, 5.41) is 12.6. The minimum Gasteiger partial charge on any atom is -0.393 e. The number of carbonyl (C=O) groups excluding carboxylic acids is 1. The predicted octanol–water partition coefficient (Wildman–Crippen LogP) is 2.88. The molecule has 0 unspecified atom stereocenters. The molecule has 8 nitrogen and oxygen atoms in total. The fourth-order valence-corrected chi connectivity index (χ4v) is 5.48. The summed E-state index contributed by atoms with van der Waals surface area (Å²) >= 11 is 0. The van der Waals surface area contributed by atoms with E-state index in [0.29, 0.717) is 25.5 Å². The van der Waals surface area contributed by atoms with Crippen LogP contribution >= 0.6 is 0 Å². The van der Waals surface area contributed by atoms with Crippen LogP contribution in [0.15, 0.2) is 6.07 Å². The van der Waals surface area contributed by atoms with Crippen LogP contribution in [-0.2, 0) is 21.6 Å². The molecule has 2 heterocycles. The van der Waals surface area contributed by atoms with Gasteiger partial charge in [-0.3, -0.25) is 9.69 Å². The van der Waals surface area contributed by atoms with Gasteiger partial charge in [0.25, 0.3) is 0 Å². The van der Waals surface area contributed by atoms with Gasteiger partial charge in [0, 0.05) is 56.7 Å². The Hall–Kier alpha value is -1.77. The van der Waals surface area contributed by atoms with Crippen LogP contribution in [-0.4, -0.2) is 77.9 Å². The Bertz CT molecular complexity index is 836. The van der Waals surface area contributed by atoms with Crippen molar-refractivity contribution in [3.05, 3.63) is 17.6 Å². The minimum atomic E-state index is -0.265. The van der Waals surface area contributed by atoms with Crippen molar-refractivity contribution in [2.45, 2.75) is 89.9 Å². The summed E-state index contributed by atoms with van der Waals surface area (Å²) in [6.07, 6.45) is 6.84. The quantitative estimate of drug-likeness (QED) is 0.583. The first-order chi connectivity index (χ1) is 16.7. The number of hydrogen-bond acceptors (Lipinski definition) is 7. The second-order valence-electron chi connectivity index (χ2n) is 11.9. The van der Waals surface area contributed by atoms with Crippen LogP contribution in [0.5, 0.6) is 0 Å². The van der Waals surface area contributed by atoms with Gasteiger partial charge in [0.15, 0.2) is 0 Å². The second-order valence-corrected chi connectivity index (χ2v) is 11.9. The summed E-state index contributed by atoms with van der Waals surface area (Å²) < 4.78 is 5.35. The molecular formula is C27H45N5O3. The van der Waals surface area contributed by atoms with E-state index in [0.717, 1.165) is 68.8 Å². The molecule has 0 atom stereocenters. The number of ether oxygens (including phenoxy) is 1. The Labute approximate surface area is 210 Å². The van der Waals surface area contributed by atoms with E-state index in [-0.39, 0.29) is 23.3 Å². The van der Waals surface area contributed by atoms with E-state index in [4.69, 9.17) is 14.7 Å². The number of nitrogens with one attached hydrogen (secondary N) is 1. The molecule has 2 aliphatic carbocycles. The number of piperazine rings is 1. The molecule has 8 heteroatoms. The SMILES string of the molecule is COCc1cc(N2CCN(CCC3CCC(NC(=O)C4CC(O)C4)CC3)CC2)nc(C(C)(C)C)n1. The molecule has 1 saturated heterocycles. The van der Waals surface area contributed by atoms with E-state index in [1.165, 1.54) is 19.3 Å². The molecule has 0 radical (unpaired) electrons. The van der Waals surface area contributed by atoms with E-state index in [9.17, 15) is 9.90 Å². The lowest BCUT2D eigenvalue weighted by molar-refractivity contribution is -0.132. The van der Waals surface area contributed by atoms with Crippen LogP contribution in [0.2, 0.25) is 0 Å². The first-order valence-electron chi connectivity index (χ1n) is 13.5. The van der Waals surface area contributed by atoms with Gasteiger partial charge in [0.2, 0.25) is 5.91 Å². The van der Waals surface area contributed by atoms with Gasteiger partial charge < -0.3 is 20.1 Å². The Morgan fingerprint density at radius 2 is 1.80 bits per heavy atom. The molecule has 1 aromatic rings. The third-order valence-corrected chi connectivity index (χ3v) is 7.96. The largest absolute Gasteiger partial charge is 0.393 e. The van der Waals surface area contributed by atoms with Crippen molar-refractivity contribution >= 4 is 11.7 Å². The van der Waals surface area contributed by atoms with Crippen molar-refractivity contribution in [1.29, 1.82) is 0 Å². The highest BCUT2D eigenvalue weighted by Crippen LogP contribution is 2.30. The normalized spacial score (nSPS) is 28.0. The van der Waals surface area contributed by atoms with Gasteiger partial charge in [-0.2, -0.15) is 0 Å². The number of anilines is 1. The van der Waals surface area contributed by atoms with Gasteiger partial charge in [0.1, 0.15) is 11.6 Å². The van der Waals surface area contributed by atoms with Crippen molar-refractivity contribution in [2.24, 2.45) is 11.8 Å². The Balaban J connectivity index is 1.18. The average molecular weight is 488 g/mol. The molecule has 2 N–H and O–H groups in total. The smallest absolute Gasteiger partial charge is 0.223 e. The van der Waals surface area contributed by atoms with Gasteiger partial charge in [-0.1, -0.05) is 20.8 Å². The van der Waals surface area contributed by atoms with Crippen LogP contribution in [0.25, 0.3) is 0 Å². The number of rotatable bonds is 8. The molecule has 0 bridgehead atoms. The van der Waals surface area contributed by atoms with E-state index in [1.807, 2.05) is 0 Å². The summed E-state index contributed by atoms with van der Waals surface area (Å²) in [6.45, 7) is 12.2. The third-order valence-electron chi connectivity index (χ3n) is 7.96. The van der Waals surface area contributed by atoms with Gasteiger partial charge in [0.05, 0.1) is 18.4 Å². The van der Waals surface area contributed by atoms with Crippen LogP contribution in [0.4, 0.5) is 5.82 Å². The fourth-order valence-electron chi connectivity index (χ4n) is 5.48. The van der Waals surface area contributed by atoms with Crippen LogP contribution in [0.3, 0.4) is 0 Å². The van der Waals surface area contributed by atoms with Gasteiger partial charge in [-0.15, -0.1) is 0 Å². The number of nitrogens with zero attached hydrogens (tertiary/aromatic N) is 4. The molecule has 1 aromatic heterocycles. The first-order valence-corrected chi connectivity index (χ1v) is 13.5. The van der Waals surface area contributed by atoms with E-state index >= 15 is 0 Å². The second kappa shape index (κ2) is 11.5. The molecule has 1 amide bonds.